The highest BCUT2D eigenvalue weighted by Crippen LogP contribution is 2.13. The standard InChI is InChI=1S/C14H12ClIN2O2/c15-13-6-1-10(7-17-13)8-18-14(19)9-20-12-4-2-11(16)3-5-12/h1-7H,8-9H2,(H,18,19). The molecule has 0 aliphatic heterocycles. The van der Waals surface area contributed by atoms with E-state index in [2.05, 4.69) is 32.9 Å². The molecule has 0 aliphatic rings. The van der Waals surface area contributed by atoms with Crippen LogP contribution in [0.2, 0.25) is 5.15 Å². The largest absolute Gasteiger partial charge is 0.484 e. The van der Waals surface area contributed by atoms with Gasteiger partial charge in [-0.1, -0.05) is 17.7 Å². The Balaban J connectivity index is 1.75. The maximum Gasteiger partial charge on any atom is 0.258 e. The second kappa shape index (κ2) is 7.44. The van der Waals surface area contributed by atoms with E-state index >= 15 is 0 Å². The zero-order valence-corrected chi connectivity index (χ0v) is 13.4. The Kier molecular flexibility index (Phi) is 5.60. The minimum absolute atomic E-state index is 0.0123. The number of rotatable bonds is 5. The van der Waals surface area contributed by atoms with Gasteiger partial charge in [0.1, 0.15) is 10.9 Å². The van der Waals surface area contributed by atoms with Crippen molar-refractivity contribution in [3.63, 3.8) is 0 Å². The van der Waals surface area contributed by atoms with Gasteiger partial charge in [0.05, 0.1) is 0 Å². The van der Waals surface area contributed by atoms with Gasteiger partial charge in [-0.15, -0.1) is 0 Å². The second-order valence-electron chi connectivity index (χ2n) is 4.01. The molecule has 1 heterocycles. The number of nitrogens with one attached hydrogen (secondary N) is 1. The van der Waals surface area contributed by atoms with E-state index < -0.39 is 0 Å². The normalized spacial score (nSPS) is 10.1. The van der Waals surface area contributed by atoms with Gasteiger partial charge in [0.25, 0.3) is 5.91 Å². The van der Waals surface area contributed by atoms with E-state index in [1.807, 2.05) is 30.3 Å². The van der Waals surface area contributed by atoms with E-state index in [9.17, 15) is 4.79 Å². The predicted molar refractivity (Wildman–Crippen MR) is 85.7 cm³/mol. The van der Waals surface area contributed by atoms with Gasteiger partial charge in [-0.05, 0) is 58.5 Å². The molecule has 0 bridgehead atoms. The van der Waals surface area contributed by atoms with Crippen LogP contribution >= 0.6 is 34.2 Å². The van der Waals surface area contributed by atoms with E-state index in [0.717, 1.165) is 9.13 Å². The molecule has 4 nitrogen and oxygen atoms in total. The third kappa shape index (κ3) is 4.97. The number of hydrogen-bond donors (Lipinski definition) is 1. The summed E-state index contributed by atoms with van der Waals surface area (Å²) in [4.78, 5) is 15.6. The van der Waals surface area contributed by atoms with Crippen LogP contribution in [0.3, 0.4) is 0 Å². The summed E-state index contributed by atoms with van der Waals surface area (Å²) in [5.41, 5.74) is 0.886. The Morgan fingerprint density at radius 3 is 2.65 bits per heavy atom. The van der Waals surface area contributed by atoms with Crippen molar-refractivity contribution in [3.05, 3.63) is 56.9 Å². The minimum atomic E-state index is -0.182. The summed E-state index contributed by atoms with van der Waals surface area (Å²) in [6, 6.07) is 11.0. The van der Waals surface area contributed by atoms with Crippen LogP contribution < -0.4 is 10.1 Å². The molecule has 0 unspecified atom stereocenters. The number of halogens is 2. The Hall–Kier alpha value is -1.34. The van der Waals surface area contributed by atoms with Crippen molar-refractivity contribution in [2.24, 2.45) is 0 Å². The highest BCUT2D eigenvalue weighted by Gasteiger charge is 2.03. The molecule has 1 N–H and O–H groups in total. The fourth-order valence-electron chi connectivity index (χ4n) is 1.44. The van der Waals surface area contributed by atoms with E-state index in [0.29, 0.717) is 17.4 Å². The molecule has 6 heteroatoms. The number of nitrogens with zero attached hydrogens (tertiary/aromatic N) is 1. The number of carbonyl (C=O) groups excluding carboxylic acids is 1. The molecule has 104 valence electrons. The molecule has 0 atom stereocenters. The molecule has 0 spiro atoms. The zero-order chi connectivity index (χ0) is 14.4. The summed E-state index contributed by atoms with van der Waals surface area (Å²) in [7, 11) is 0. The van der Waals surface area contributed by atoms with E-state index in [4.69, 9.17) is 16.3 Å². The fraction of sp³-hybridized carbons (Fsp3) is 0.143. The van der Waals surface area contributed by atoms with Crippen molar-refractivity contribution in [1.82, 2.24) is 10.3 Å². The predicted octanol–water partition coefficient (Wildman–Crippen LogP) is 3.03. The molecule has 0 radical (unpaired) electrons. The first-order valence-corrected chi connectivity index (χ1v) is 7.34. The summed E-state index contributed by atoms with van der Waals surface area (Å²) < 4.78 is 6.50. The zero-order valence-electron chi connectivity index (χ0n) is 10.5. The van der Waals surface area contributed by atoms with Gasteiger partial charge in [0.2, 0.25) is 0 Å². The van der Waals surface area contributed by atoms with Gasteiger partial charge in [-0.2, -0.15) is 0 Å². The maximum atomic E-state index is 11.6. The summed E-state index contributed by atoms with van der Waals surface area (Å²) >= 11 is 7.89. The van der Waals surface area contributed by atoms with Crippen molar-refractivity contribution < 1.29 is 9.53 Å². The fourth-order valence-corrected chi connectivity index (χ4v) is 1.91. The number of aromatic nitrogens is 1. The summed E-state index contributed by atoms with van der Waals surface area (Å²) in [5, 5.41) is 3.18. The second-order valence-corrected chi connectivity index (χ2v) is 5.64. The minimum Gasteiger partial charge on any atom is -0.484 e. The van der Waals surface area contributed by atoms with Gasteiger partial charge >= 0.3 is 0 Å². The molecule has 1 amide bonds. The number of pyridine rings is 1. The SMILES string of the molecule is O=C(COc1ccc(I)cc1)NCc1ccc(Cl)nc1. The molecule has 0 saturated carbocycles. The van der Waals surface area contributed by atoms with E-state index in [1.54, 1.807) is 12.3 Å². The highest BCUT2D eigenvalue weighted by atomic mass is 127. The summed E-state index contributed by atoms with van der Waals surface area (Å²) in [6.07, 6.45) is 1.63. The maximum absolute atomic E-state index is 11.6. The molecule has 1 aromatic heterocycles. The lowest BCUT2D eigenvalue weighted by Crippen LogP contribution is -2.28. The monoisotopic (exact) mass is 402 g/mol. The van der Waals surface area contributed by atoms with Gasteiger partial charge < -0.3 is 10.1 Å². The van der Waals surface area contributed by atoms with Crippen molar-refractivity contribution in [2.75, 3.05) is 6.61 Å². The molecule has 2 aromatic rings. The van der Waals surface area contributed by atoms with Gasteiger partial charge in [-0.25, -0.2) is 4.98 Å². The molecule has 2 rings (SSSR count). The topological polar surface area (TPSA) is 51.2 Å². The number of amides is 1. The van der Waals surface area contributed by atoms with Crippen LogP contribution in [-0.4, -0.2) is 17.5 Å². The molecule has 20 heavy (non-hydrogen) atoms. The van der Waals surface area contributed by atoms with Crippen molar-refractivity contribution in [1.29, 1.82) is 0 Å². The van der Waals surface area contributed by atoms with Crippen molar-refractivity contribution in [3.8, 4) is 5.75 Å². The smallest absolute Gasteiger partial charge is 0.258 e. The van der Waals surface area contributed by atoms with Crippen LogP contribution in [0.1, 0.15) is 5.56 Å². The lowest BCUT2D eigenvalue weighted by molar-refractivity contribution is -0.123. The third-order valence-corrected chi connectivity index (χ3v) is 3.40. The lowest BCUT2D eigenvalue weighted by Gasteiger charge is -2.07. The number of carbonyl (C=O) groups is 1. The van der Waals surface area contributed by atoms with Crippen LogP contribution in [0.25, 0.3) is 0 Å². The first kappa shape index (κ1) is 15.1. The Bertz CT molecular complexity index is 521. The number of ether oxygens (including phenoxy) is 1. The van der Waals surface area contributed by atoms with Crippen molar-refractivity contribution in [2.45, 2.75) is 6.54 Å². The average molecular weight is 403 g/mol. The van der Waals surface area contributed by atoms with E-state index in [1.165, 1.54) is 0 Å². The number of benzene rings is 1. The average Bonchev–Trinajstić information content (AvgIpc) is 2.46. The Morgan fingerprint density at radius 1 is 1.25 bits per heavy atom. The van der Waals surface area contributed by atoms with Crippen LogP contribution in [0, 0.1) is 3.57 Å². The van der Waals surface area contributed by atoms with Crippen LogP contribution in [0.5, 0.6) is 5.75 Å². The number of hydrogen-bond acceptors (Lipinski definition) is 3. The van der Waals surface area contributed by atoms with Crippen molar-refractivity contribution >= 4 is 40.1 Å². The van der Waals surface area contributed by atoms with Crippen LogP contribution in [-0.2, 0) is 11.3 Å². The Labute approximate surface area is 135 Å². The quantitative estimate of drug-likeness (QED) is 0.618. The van der Waals surface area contributed by atoms with Crippen LogP contribution in [0.4, 0.5) is 0 Å². The van der Waals surface area contributed by atoms with Gasteiger partial charge in [0.15, 0.2) is 6.61 Å². The lowest BCUT2D eigenvalue weighted by atomic mass is 10.3. The summed E-state index contributed by atoms with van der Waals surface area (Å²) in [6.45, 7) is 0.390. The van der Waals surface area contributed by atoms with Gasteiger partial charge in [-0.3, -0.25) is 4.79 Å². The molecular formula is C14H12ClIN2O2. The molecule has 0 fully saturated rings. The molecule has 0 aliphatic carbocycles. The Morgan fingerprint density at radius 2 is 2.00 bits per heavy atom. The highest BCUT2D eigenvalue weighted by molar-refractivity contribution is 14.1. The molecule has 0 saturated heterocycles. The van der Waals surface area contributed by atoms with Gasteiger partial charge in [0, 0.05) is 16.3 Å². The van der Waals surface area contributed by atoms with E-state index in [-0.39, 0.29) is 12.5 Å². The third-order valence-electron chi connectivity index (χ3n) is 2.46. The summed E-state index contributed by atoms with van der Waals surface area (Å²) in [5.74, 6) is 0.493. The molecular weight excluding hydrogens is 391 g/mol. The first-order valence-electron chi connectivity index (χ1n) is 5.89. The first-order chi connectivity index (χ1) is 9.63. The molecule has 1 aromatic carbocycles. The van der Waals surface area contributed by atoms with Crippen LogP contribution in [0.15, 0.2) is 42.6 Å².